The van der Waals surface area contributed by atoms with Crippen LogP contribution in [0.15, 0.2) is 17.1 Å². The summed E-state index contributed by atoms with van der Waals surface area (Å²) in [4.78, 5) is 30.3. The van der Waals surface area contributed by atoms with Gasteiger partial charge in [-0.1, -0.05) is 11.2 Å². The second-order valence-corrected chi connectivity index (χ2v) is 9.07. The van der Waals surface area contributed by atoms with Crippen LogP contribution in [0.2, 0.25) is 0 Å². The van der Waals surface area contributed by atoms with Crippen molar-refractivity contribution in [3.8, 4) is 0 Å². The number of aromatic nitrogens is 2. The molecule has 1 spiro atoms. The van der Waals surface area contributed by atoms with Crippen LogP contribution in [-0.2, 0) is 23.3 Å². The van der Waals surface area contributed by atoms with Gasteiger partial charge in [0.1, 0.15) is 34.4 Å². The highest BCUT2D eigenvalue weighted by Crippen LogP contribution is 2.39. The Hall–Kier alpha value is -2.52. The standard InChI is InChI=1S/C18H19N5O3S/c1-9-11-6-10-8-20-13(19)7-12(10)21-14(11)17(25)23-15(9)16(24)22-18(23)2-4-27(26)5-3-18/h7-8,21H,2-6H2,1H3,(H2,19,20)(H,22,24). The maximum absolute atomic E-state index is 13.4. The number of nitrogen functional groups attached to an aromatic ring is 1. The first-order valence-corrected chi connectivity index (χ1v) is 10.4. The molecule has 140 valence electrons. The monoisotopic (exact) mass is 385 g/mol. The van der Waals surface area contributed by atoms with Crippen molar-refractivity contribution in [1.29, 1.82) is 0 Å². The minimum atomic E-state index is -0.900. The second kappa shape index (κ2) is 5.49. The van der Waals surface area contributed by atoms with Gasteiger partial charge in [-0.25, -0.2) is 4.98 Å². The predicted octanol–water partition coefficient (Wildman–Crippen LogP) is 0.720. The lowest BCUT2D eigenvalue weighted by atomic mass is 9.94. The fourth-order valence-electron chi connectivity index (χ4n) is 4.42. The first-order chi connectivity index (χ1) is 12.9. The number of pyridine rings is 2. The van der Waals surface area contributed by atoms with Crippen LogP contribution in [0.25, 0.3) is 0 Å². The van der Waals surface area contributed by atoms with E-state index in [4.69, 9.17) is 5.73 Å². The lowest BCUT2D eigenvalue weighted by Gasteiger charge is -2.36. The Morgan fingerprint density at radius 1 is 1.33 bits per heavy atom. The molecule has 2 aromatic rings. The van der Waals surface area contributed by atoms with Gasteiger partial charge in [-0.2, -0.15) is 0 Å². The topological polar surface area (TPSA) is 125 Å². The van der Waals surface area contributed by atoms with E-state index in [1.54, 1.807) is 16.8 Å². The number of hydrogen-bond acceptors (Lipinski definition) is 6. The zero-order valence-corrected chi connectivity index (χ0v) is 15.6. The van der Waals surface area contributed by atoms with E-state index < -0.39 is 16.8 Å². The SMILES string of the molecule is Cc1c2c(c(=O)n3c1C(=O)NC31CC[S+]([O-])CC1)Nc1cc(N)ncc1C2. The number of hydrogen-bond donors (Lipinski definition) is 3. The number of nitrogens with zero attached hydrogens (tertiary/aromatic N) is 2. The summed E-state index contributed by atoms with van der Waals surface area (Å²) in [6.07, 6.45) is 3.20. The largest absolute Gasteiger partial charge is 0.616 e. The number of rotatable bonds is 0. The van der Waals surface area contributed by atoms with Gasteiger partial charge in [0.25, 0.3) is 11.5 Å². The molecule has 0 aromatic carbocycles. The van der Waals surface area contributed by atoms with Crippen LogP contribution in [0.4, 0.5) is 17.2 Å². The van der Waals surface area contributed by atoms with E-state index in [2.05, 4.69) is 15.6 Å². The summed E-state index contributed by atoms with van der Waals surface area (Å²) in [6, 6.07) is 1.72. The lowest BCUT2D eigenvalue weighted by Crippen LogP contribution is -2.52. The summed E-state index contributed by atoms with van der Waals surface area (Å²) in [7, 11) is 0. The van der Waals surface area contributed by atoms with Crippen LogP contribution in [0.5, 0.6) is 0 Å². The Morgan fingerprint density at radius 2 is 2.07 bits per heavy atom. The van der Waals surface area contributed by atoms with Crippen molar-refractivity contribution in [3.05, 3.63) is 45.0 Å². The van der Waals surface area contributed by atoms with Crippen molar-refractivity contribution >= 4 is 34.3 Å². The van der Waals surface area contributed by atoms with Gasteiger partial charge >= 0.3 is 0 Å². The normalized spacial score (nSPS) is 25.4. The van der Waals surface area contributed by atoms with Gasteiger partial charge in [0.05, 0.1) is 0 Å². The third-order valence-corrected chi connectivity index (χ3v) is 7.18. The fourth-order valence-corrected chi connectivity index (χ4v) is 5.76. The highest BCUT2D eigenvalue weighted by Gasteiger charge is 2.49. The Kier molecular flexibility index (Phi) is 3.38. The van der Waals surface area contributed by atoms with Gasteiger partial charge in [0.15, 0.2) is 0 Å². The van der Waals surface area contributed by atoms with Crippen LogP contribution >= 0.6 is 0 Å². The van der Waals surface area contributed by atoms with E-state index in [9.17, 15) is 14.1 Å². The average Bonchev–Trinajstić information content (AvgIpc) is 2.93. The Labute approximate surface area is 158 Å². The minimum Gasteiger partial charge on any atom is -0.616 e. The predicted molar refractivity (Wildman–Crippen MR) is 103 cm³/mol. The van der Waals surface area contributed by atoms with E-state index in [-0.39, 0.29) is 11.5 Å². The Balaban J connectivity index is 1.71. The van der Waals surface area contributed by atoms with E-state index in [1.807, 2.05) is 6.92 Å². The number of fused-ring (bicyclic) bond motifs is 4. The summed E-state index contributed by atoms with van der Waals surface area (Å²) in [6.45, 7) is 1.88. The second-order valence-electron chi connectivity index (χ2n) is 7.37. The molecule has 9 heteroatoms. The molecule has 8 nitrogen and oxygen atoms in total. The summed E-state index contributed by atoms with van der Waals surface area (Å²) in [5.74, 6) is 1.09. The van der Waals surface area contributed by atoms with Crippen molar-refractivity contribution in [3.63, 3.8) is 0 Å². The summed E-state index contributed by atoms with van der Waals surface area (Å²) < 4.78 is 13.4. The van der Waals surface area contributed by atoms with Crippen molar-refractivity contribution in [2.75, 3.05) is 22.6 Å². The molecule has 3 aliphatic rings. The third-order valence-electron chi connectivity index (χ3n) is 5.86. The molecular formula is C18H19N5O3S. The highest BCUT2D eigenvalue weighted by atomic mass is 32.2. The first kappa shape index (κ1) is 16.6. The summed E-state index contributed by atoms with van der Waals surface area (Å²) >= 11 is -0.900. The van der Waals surface area contributed by atoms with Crippen LogP contribution in [-0.4, -0.2) is 31.5 Å². The number of nitrogens with one attached hydrogen (secondary N) is 2. The van der Waals surface area contributed by atoms with Crippen molar-refractivity contribution in [2.24, 2.45) is 0 Å². The molecule has 0 bridgehead atoms. The number of nitrogens with two attached hydrogens (primary N) is 1. The summed E-state index contributed by atoms with van der Waals surface area (Å²) in [5.41, 5.74) is 8.99. The molecule has 1 saturated heterocycles. The van der Waals surface area contributed by atoms with Gasteiger partial charge < -0.3 is 20.9 Å². The quantitative estimate of drug-likeness (QED) is 0.490. The number of amides is 1. The molecule has 0 radical (unpaired) electrons. The summed E-state index contributed by atoms with van der Waals surface area (Å²) in [5, 5.41) is 6.23. The molecule has 4 N–H and O–H groups in total. The van der Waals surface area contributed by atoms with E-state index in [0.717, 1.165) is 22.4 Å². The smallest absolute Gasteiger partial charge is 0.277 e. The van der Waals surface area contributed by atoms with Crippen LogP contribution in [0.1, 0.15) is 40.0 Å². The van der Waals surface area contributed by atoms with Gasteiger partial charge in [0.2, 0.25) is 0 Å². The molecule has 27 heavy (non-hydrogen) atoms. The molecule has 5 rings (SSSR count). The first-order valence-electron chi connectivity index (χ1n) is 8.87. The Bertz CT molecular complexity index is 1060. The maximum Gasteiger partial charge on any atom is 0.277 e. The number of carbonyl (C=O) groups is 1. The lowest BCUT2D eigenvalue weighted by molar-refractivity contribution is 0.0908. The molecular weight excluding hydrogens is 366 g/mol. The molecule has 0 atom stereocenters. The highest BCUT2D eigenvalue weighted by molar-refractivity contribution is 7.91. The van der Waals surface area contributed by atoms with Crippen LogP contribution in [0.3, 0.4) is 0 Å². The zero-order chi connectivity index (χ0) is 18.9. The zero-order valence-electron chi connectivity index (χ0n) is 14.8. The fraction of sp³-hybridized carbons (Fsp3) is 0.389. The third kappa shape index (κ3) is 2.24. The molecule has 5 heterocycles. The minimum absolute atomic E-state index is 0.224. The van der Waals surface area contributed by atoms with E-state index in [1.165, 1.54) is 0 Å². The molecule has 1 fully saturated rings. The van der Waals surface area contributed by atoms with Gasteiger partial charge in [0, 0.05) is 37.2 Å². The van der Waals surface area contributed by atoms with Gasteiger partial charge in [-0.3, -0.25) is 14.2 Å². The molecule has 0 aliphatic carbocycles. The van der Waals surface area contributed by atoms with Gasteiger partial charge in [-0.05, 0) is 23.6 Å². The maximum atomic E-state index is 13.4. The van der Waals surface area contributed by atoms with Crippen LogP contribution < -0.4 is 21.9 Å². The number of anilines is 3. The Morgan fingerprint density at radius 3 is 2.81 bits per heavy atom. The molecule has 0 saturated carbocycles. The molecule has 0 unspecified atom stereocenters. The van der Waals surface area contributed by atoms with E-state index >= 15 is 0 Å². The molecule has 1 amide bonds. The van der Waals surface area contributed by atoms with Gasteiger partial charge in [-0.15, -0.1) is 0 Å². The van der Waals surface area contributed by atoms with Crippen molar-refractivity contribution in [1.82, 2.24) is 14.9 Å². The number of carbonyl (C=O) groups excluding carboxylic acids is 1. The van der Waals surface area contributed by atoms with Crippen LogP contribution in [0, 0.1) is 6.92 Å². The molecule has 2 aromatic heterocycles. The van der Waals surface area contributed by atoms with Crippen molar-refractivity contribution < 1.29 is 9.35 Å². The van der Waals surface area contributed by atoms with Crippen molar-refractivity contribution in [2.45, 2.75) is 31.8 Å². The molecule has 3 aliphatic heterocycles. The average molecular weight is 385 g/mol. The van der Waals surface area contributed by atoms with E-state index in [0.29, 0.717) is 48.0 Å².